The van der Waals surface area contributed by atoms with E-state index in [9.17, 15) is 22.8 Å². The molecule has 0 aliphatic carbocycles. The van der Waals surface area contributed by atoms with Crippen LogP contribution in [0.4, 0.5) is 13.2 Å². The monoisotopic (exact) mass is 407 g/mol. The van der Waals surface area contributed by atoms with Gasteiger partial charge in [-0.05, 0) is 25.1 Å². The lowest BCUT2D eigenvalue weighted by Crippen LogP contribution is -2.50. The molecule has 0 saturated carbocycles. The molecular weight excluding hydrogens is 387 g/mol. The smallest absolute Gasteiger partial charge is 0.422 e. The van der Waals surface area contributed by atoms with Crippen LogP contribution in [-0.4, -0.2) is 65.6 Å². The molecule has 3 rings (SSSR count). The van der Waals surface area contributed by atoms with Gasteiger partial charge in [0, 0.05) is 44.0 Å². The minimum absolute atomic E-state index is 0.0788. The van der Waals surface area contributed by atoms with E-state index in [1.54, 1.807) is 21.9 Å². The molecule has 1 saturated heterocycles. The van der Waals surface area contributed by atoms with Crippen LogP contribution in [0.15, 0.2) is 42.6 Å². The van der Waals surface area contributed by atoms with E-state index in [0.29, 0.717) is 31.7 Å². The van der Waals surface area contributed by atoms with Gasteiger partial charge >= 0.3 is 6.18 Å². The topological polar surface area (TPSA) is 62.7 Å². The number of alkyl halides is 3. The van der Waals surface area contributed by atoms with Gasteiger partial charge in [-0.25, -0.2) is 4.98 Å². The van der Waals surface area contributed by atoms with Crippen molar-refractivity contribution in [3.8, 4) is 5.88 Å². The molecule has 0 bridgehead atoms. The lowest BCUT2D eigenvalue weighted by molar-refractivity contribution is -0.154. The van der Waals surface area contributed by atoms with Gasteiger partial charge in [-0.3, -0.25) is 9.59 Å². The van der Waals surface area contributed by atoms with Gasteiger partial charge < -0.3 is 14.5 Å². The molecule has 0 radical (unpaired) electrons. The molecule has 0 atom stereocenters. The zero-order valence-electron chi connectivity index (χ0n) is 15.8. The molecule has 0 spiro atoms. The maximum atomic E-state index is 12.6. The number of pyridine rings is 1. The largest absolute Gasteiger partial charge is 0.468 e. The molecule has 1 aliphatic rings. The number of nitrogens with zero attached hydrogens (tertiary/aromatic N) is 3. The highest BCUT2D eigenvalue weighted by Crippen LogP contribution is 2.18. The Balaban J connectivity index is 1.54. The first-order chi connectivity index (χ1) is 13.7. The second-order valence-electron chi connectivity index (χ2n) is 6.74. The number of hydrogen-bond donors (Lipinski definition) is 0. The van der Waals surface area contributed by atoms with Gasteiger partial charge in [-0.15, -0.1) is 0 Å². The van der Waals surface area contributed by atoms with E-state index >= 15 is 0 Å². The van der Waals surface area contributed by atoms with Gasteiger partial charge in [0.05, 0.1) is 5.56 Å². The number of carbonyl (C=O) groups excluding carboxylic acids is 2. The standard InChI is InChI=1S/C20H20F3N3O3/c1-14-2-4-15(5-3-14)18(27)25-8-10-26(11-9-25)19(28)16-6-7-17(24-12-16)29-13-20(21,22)23/h2-7,12H,8-11,13H2,1H3. The first kappa shape index (κ1) is 20.6. The van der Waals surface area contributed by atoms with E-state index < -0.39 is 12.8 Å². The summed E-state index contributed by atoms with van der Waals surface area (Å²) in [5.41, 5.74) is 1.93. The van der Waals surface area contributed by atoms with E-state index in [1.165, 1.54) is 18.3 Å². The molecule has 2 aromatic rings. The molecule has 6 nitrogen and oxygen atoms in total. The second-order valence-corrected chi connectivity index (χ2v) is 6.74. The van der Waals surface area contributed by atoms with Gasteiger partial charge in [0.2, 0.25) is 5.88 Å². The van der Waals surface area contributed by atoms with Crippen LogP contribution in [0.1, 0.15) is 26.3 Å². The average molecular weight is 407 g/mol. The normalized spacial score (nSPS) is 14.6. The van der Waals surface area contributed by atoms with Crippen LogP contribution in [0.2, 0.25) is 0 Å². The van der Waals surface area contributed by atoms with Crippen molar-refractivity contribution in [2.45, 2.75) is 13.1 Å². The zero-order chi connectivity index (χ0) is 21.0. The van der Waals surface area contributed by atoms with Crippen molar-refractivity contribution in [3.63, 3.8) is 0 Å². The number of amides is 2. The summed E-state index contributed by atoms with van der Waals surface area (Å²) in [6, 6.07) is 9.93. The number of halogens is 3. The van der Waals surface area contributed by atoms with E-state index in [4.69, 9.17) is 0 Å². The molecule has 2 amide bonds. The summed E-state index contributed by atoms with van der Waals surface area (Å²) in [6.45, 7) is 2.04. The number of piperazine rings is 1. The fraction of sp³-hybridized carbons (Fsp3) is 0.350. The van der Waals surface area contributed by atoms with E-state index in [0.717, 1.165) is 5.56 Å². The molecular formula is C20H20F3N3O3. The maximum absolute atomic E-state index is 12.6. The average Bonchev–Trinajstić information content (AvgIpc) is 2.72. The molecule has 2 heterocycles. The van der Waals surface area contributed by atoms with E-state index in [1.807, 2.05) is 19.1 Å². The Labute approximate surface area is 165 Å². The van der Waals surface area contributed by atoms with Crippen molar-refractivity contribution in [2.24, 2.45) is 0 Å². The van der Waals surface area contributed by atoms with Crippen molar-refractivity contribution < 1.29 is 27.5 Å². The Morgan fingerprint density at radius 1 is 0.931 bits per heavy atom. The number of aromatic nitrogens is 1. The summed E-state index contributed by atoms with van der Waals surface area (Å²) in [5.74, 6) is -0.570. The Morgan fingerprint density at radius 2 is 1.45 bits per heavy atom. The summed E-state index contributed by atoms with van der Waals surface area (Å²) in [6.07, 6.45) is -3.26. The highest BCUT2D eigenvalue weighted by Gasteiger charge is 2.29. The van der Waals surface area contributed by atoms with Crippen molar-refractivity contribution in [1.82, 2.24) is 14.8 Å². The van der Waals surface area contributed by atoms with Crippen molar-refractivity contribution in [1.29, 1.82) is 0 Å². The van der Waals surface area contributed by atoms with Crippen LogP contribution in [-0.2, 0) is 0 Å². The number of hydrogen-bond acceptors (Lipinski definition) is 4. The molecule has 0 N–H and O–H groups in total. The second kappa shape index (κ2) is 8.50. The van der Waals surface area contributed by atoms with Crippen LogP contribution >= 0.6 is 0 Å². The predicted molar refractivity (Wildman–Crippen MR) is 98.8 cm³/mol. The fourth-order valence-electron chi connectivity index (χ4n) is 2.92. The van der Waals surface area contributed by atoms with Crippen molar-refractivity contribution in [2.75, 3.05) is 32.8 Å². The quantitative estimate of drug-likeness (QED) is 0.782. The van der Waals surface area contributed by atoms with Gasteiger partial charge in [0.15, 0.2) is 6.61 Å². The van der Waals surface area contributed by atoms with E-state index in [2.05, 4.69) is 9.72 Å². The summed E-state index contributed by atoms with van der Waals surface area (Å²) in [5, 5.41) is 0. The van der Waals surface area contributed by atoms with Crippen molar-refractivity contribution in [3.05, 3.63) is 59.3 Å². The van der Waals surface area contributed by atoms with Crippen LogP contribution in [0.25, 0.3) is 0 Å². The first-order valence-corrected chi connectivity index (χ1v) is 9.04. The highest BCUT2D eigenvalue weighted by molar-refractivity contribution is 5.95. The zero-order valence-corrected chi connectivity index (χ0v) is 15.8. The van der Waals surface area contributed by atoms with Crippen LogP contribution in [0, 0.1) is 6.92 Å². The Hall–Kier alpha value is -3.10. The number of ether oxygens (including phenoxy) is 1. The molecule has 1 aromatic heterocycles. The molecule has 1 aliphatic heterocycles. The predicted octanol–water partition coefficient (Wildman–Crippen LogP) is 2.93. The first-order valence-electron chi connectivity index (χ1n) is 9.04. The van der Waals surface area contributed by atoms with Crippen LogP contribution in [0.3, 0.4) is 0 Å². The maximum Gasteiger partial charge on any atom is 0.422 e. The fourth-order valence-corrected chi connectivity index (χ4v) is 2.92. The van der Waals surface area contributed by atoms with Crippen molar-refractivity contribution >= 4 is 11.8 Å². The van der Waals surface area contributed by atoms with Gasteiger partial charge in [0.1, 0.15) is 0 Å². The third-order valence-corrected chi connectivity index (χ3v) is 4.52. The summed E-state index contributed by atoms with van der Waals surface area (Å²) >= 11 is 0. The Morgan fingerprint density at radius 3 is 1.93 bits per heavy atom. The third kappa shape index (κ3) is 5.46. The molecule has 9 heteroatoms. The lowest BCUT2D eigenvalue weighted by Gasteiger charge is -2.34. The van der Waals surface area contributed by atoms with E-state index in [-0.39, 0.29) is 23.3 Å². The Kier molecular flexibility index (Phi) is 6.05. The summed E-state index contributed by atoms with van der Waals surface area (Å²) in [4.78, 5) is 32.2. The molecule has 1 fully saturated rings. The lowest BCUT2D eigenvalue weighted by atomic mass is 10.1. The Bertz CT molecular complexity index is 859. The molecule has 154 valence electrons. The van der Waals surface area contributed by atoms with Crippen LogP contribution < -0.4 is 4.74 Å². The number of rotatable bonds is 4. The van der Waals surface area contributed by atoms with Gasteiger partial charge in [0.25, 0.3) is 11.8 Å². The van der Waals surface area contributed by atoms with Gasteiger partial charge in [-0.2, -0.15) is 13.2 Å². The number of aryl methyl sites for hydroxylation is 1. The summed E-state index contributed by atoms with van der Waals surface area (Å²) < 4.78 is 41.0. The molecule has 0 unspecified atom stereocenters. The van der Waals surface area contributed by atoms with Crippen LogP contribution in [0.5, 0.6) is 5.88 Å². The third-order valence-electron chi connectivity index (χ3n) is 4.52. The SMILES string of the molecule is Cc1ccc(C(=O)N2CCN(C(=O)c3ccc(OCC(F)(F)F)nc3)CC2)cc1. The summed E-state index contributed by atoms with van der Waals surface area (Å²) in [7, 11) is 0. The minimum atomic E-state index is -4.45. The minimum Gasteiger partial charge on any atom is -0.468 e. The van der Waals surface area contributed by atoms with Gasteiger partial charge in [-0.1, -0.05) is 17.7 Å². The molecule has 29 heavy (non-hydrogen) atoms. The number of carbonyl (C=O) groups is 2. The number of benzene rings is 1. The highest BCUT2D eigenvalue weighted by atomic mass is 19.4. The molecule has 1 aromatic carbocycles.